The molecule has 0 aliphatic rings. The molecule has 0 saturated carbocycles. The van der Waals surface area contributed by atoms with Gasteiger partial charge in [0.15, 0.2) is 0 Å². The summed E-state index contributed by atoms with van der Waals surface area (Å²) in [6, 6.07) is 17.7. The van der Waals surface area contributed by atoms with Gasteiger partial charge < -0.3 is 16.6 Å². The molecule has 3 rings (SSSR count). The average Bonchev–Trinajstić information content (AvgIpc) is 2.62. The zero-order chi connectivity index (χ0) is 18.7. The minimum absolute atomic E-state index is 0.0233. The van der Waals surface area contributed by atoms with Crippen LogP contribution >= 0.6 is 0 Å². The molecule has 0 aliphatic heterocycles. The van der Waals surface area contributed by atoms with E-state index in [-0.39, 0.29) is 12.3 Å². The Morgan fingerprint density at radius 3 is 2.27 bits per heavy atom. The van der Waals surface area contributed by atoms with Gasteiger partial charge in [0.25, 0.3) is 0 Å². The van der Waals surface area contributed by atoms with Crippen LogP contribution in [0, 0.1) is 11.6 Å². The maximum atomic E-state index is 13.9. The molecular formula is C21H20F2N2O. The lowest BCUT2D eigenvalue weighted by molar-refractivity contribution is 0.460. The van der Waals surface area contributed by atoms with E-state index < -0.39 is 17.2 Å². The first kappa shape index (κ1) is 18.0. The molecule has 0 saturated heterocycles. The molecule has 0 heterocycles. The molecule has 3 nitrogen and oxygen atoms in total. The molecule has 0 aromatic heterocycles. The van der Waals surface area contributed by atoms with Gasteiger partial charge in [-0.05, 0) is 47.4 Å². The number of rotatable bonds is 5. The zero-order valence-electron chi connectivity index (χ0n) is 14.1. The van der Waals surface area contributed by atoms with Crippen LogP contribution in [0.1, 0.15) is 22.3 Å². The Hall–Kier alpha value is -2.76. The number of halogens is 2. The third kappa shape index (κ3) is 3.59. The molecule has 0 unspecified atom stereocenters. The van der Waals surface area contributed by atoms with Crippen molar-refractivity contribution in [2.75, 3.05) is 0 Å². The highest BCUT2D eigenvalue weighted by Gasteiger charge is 2.31. The minimum Gasteiger partial charge on any atom is -0.508 e. The zero-order valence-corrected chi connectivity index (χ0v) is 14.1. The van der Waals surface area contributed by atoms with Gasteiger partial charge in [0, 0.05) is 18.2 Å². The normalized spacial score (nSPS) is 13.4. The Labute approximate surface area is 150 Å². The monoisotopic (exact) mass is 354 g/mol. The summed E-state index contributed by atoms with van der Waals surface area (Å²) >= 11 is 0. The van der Waals surface area contributed by atoms with Gasteiger partial charge in [-0.1, -0.05) is 36.4 Å². The Balaban J connectivity index is 2.18. The summed E-state index contributed by atoms with van der Waals surface area (Å²) in [6.45, 7) is 0.0233. The van der Waals surface area contributed by atoms with E-state index in [1.54, 1.807) is 12.1 Å². The van der Waals surface area contributed by atoms with Crippen molar-refractivity contribution >= 4 is 0 Å². The van der Waals surface area contributed by atoms with E-state index in [9.17, 15) is 13.9 Å². The highest BCUT2D eigenvalue weighted by Crippen LogP contribution is 2.34. The van der Waals surface area contributed by atoms with Crippen LogP contribution in [-0.4, -0.2) is 5.11 Å². The first-order valence-electron chi connectivity index (χ1n) is 8.24. The van der Waals surface area contributed by atoms with E-state index in [1.807, 2.05) is 30.3 Å². The van der Waals surface area contributed by atoms with Crippen molar-refractivity contribution in [2.24, 2.45) is 11.5 Å². The quantitative estimate of drug-likeness (QED) is 0.656. The largest absolute Gasteiger partial charge is 0.508 e. The molecule has 3 aromatic rings. The maximum Gasteiger partial charge on any atom is 0.127 e. The van der Waals surface area contributed by atoms with E-state index in [4.69, 9.17) is 11.5 Å². The summed E-state index contributed by atoms with van der Waals surface area (Å²) in [5, 5.41) is 9.84. The molecule has 0 amide bonds. The summed E-state index contributed by atoms with van der Waals surface area (Å²) in [7, 11) is 0. The van der Waals surface area contributed by atoms with E-state index in [0.717, 1.165) is 11.6 Å². The smallest absolute Gasteiger partial charge is 0.127 e. The van der Waals surface area contributed by atoms with E-state index in [2.05, 4.69) is 0 Å². The maximum absolute atomic E-state index is 13.9. The van der Waals surface area contributed by atoms with Crippen LogP contribution in [0.25, 0.3) is 0 Å². The number of hydrogen-bond acceptors (Lipinski definition) is 3. The van der Waals surface area contributed by atoms with Crippen molar-refractivity contribution in [3.63, 3.8) is 0 Å². The molecule has 0 bridgehead atoms. The number of aromatic hydroxyl groups is 1. The predicted molar refractivity (Wildman–Crippen MR) is 97.5 cm³/mol. The summed E-state index contributed by atoms with van der Waals surface area (Å²) in [5.74, 6) is -1.23. The summed E-state index contributed by atoms with van der Waals surface area (Å²) in [5.41, 5.74) is 13.4. The molecule has 26 heavy (non-hydrogen) atoms. The molecule has 0 radical (unpaired) electrons. The third-order valence-electron chi connectivity index (χ3n) is 4.50. The van der Waals surface area contributed by atoms with E-state index in [0.29, 0.717) is 23.1 Å². The van der Waals surface area contributed by atoms with Crippen molar-refractivity contribution in [2.45, 2.75) is 18.5 Å². The van der Waals surface area contributed by atoms with Crippen molar-refractivity contribution in [1.29, 1.82) is 0 Å². The lowest BCUT2D eigenvalue weighted by Gasteiger charge is -2.32. The SMILES string of the molecule is NCc1cc([C@](N)(Cc2ccccc2)c2cc(O)cc(F)c2)ccc1F. The van der Waals surface area contributed by atoms with Gasteiger partial charge >= 0.3 is 0 Å². The first-order valence-corrected chi connectivity index (χ1v) is 8.24. The summed E-state index contributed by atoms with van der Waals surface area (Å²) in [4.78, 5) is 0. The Morgan fingerprint density at radius 1 is 0.885 bits per heavy atom. The third-order valence-corrected chi connectivity index (χ3v) is 4.50. The van der Waals surface area contributed by atoms with Gasteiger partial charge in [0.1, 0.15) is 17.4 Å². The molecule has 0 aliphatic carbocycles. The molecule has 3 aromatic carbocycles. The number of benzene rings is 3. The van der Waals surface area contributed by atoms with Gasteiger partial charge in [-0.3, -0.25) is 0 Å². The highest BCUT2D eigenvalue weighted by molar-refractivity contribution is 5.44. The fourth-order valence-electron chi connectivity index (χ4n) is 3.13. The Kier molecular flexibility index (Phi) is 5.02. The summed E-state index contributed by atoms with van der Waals surface area (Å²) < 4.78 is 27.8. The van der Waals surface area contributed by atoms with Crippen molar-refractivity contribution in [3.8, 4) is 5.75 Å². The van der Waals surface area contributed by atoms with Crippen molar-refractivity contribution in [3.05, 3.63) is 101 Å². The van der Waals surface area contributed by atoms with Gasteiger partial charge in [-0.2, -0.15) is 0 Å². The Morgan fingerprint density at radius 2 is 1.62 bits per heavy atom. The van der Waals surface area contributed by atoms with Crippen molar-refractivity contribution in [1.82, 2.24) is 0 Å². The Bertz CT molecular complexity index is 895. The molecule has 5 heteroatoms. The van der Waals surface area contributed by atoms with Crippen LogP contribution in [0.4, 0.5) is 8.78 Å². The average molecular weight is 354 g/mol. The van der Waals surface area contributed by atoms with Gasteiger partial charge in [0.2, 0.25) is 0 Å². The second kappa shape index (κ2) is 7.23. The number of hydrogen-bond donors (Lipinski definition) is 3. The number of phenolic OH excluding ortho intramolecular Hbond substituents is 1. The predicted octanol–water partition coefficient (Wildman–Crippen LogP) is 3.57. The van der Waals surface area contributed by atoms with E-state index in [1.165, 1.54) is 18.2 Å². The van der Waals surface area contributed by atoms with Crippen LogP contribution in [0.5, 0.6) is 5.75 Å². The lowest BCUT2D eigenvalue weighted by Crippen LogP contribution is -2.40. The van der Waals surface area contributed by atoms with Gasteiger partial charge in [-0.25, -0.2) is 8.78 Å². The molecule has 1 atom stereocenters. The van der Waals surface area contributed by atoms with Crippen molar-refractivity contribution < 1.29 is 13.9 Å². The fourth-order valence-corrected chi connectivity index (χ4v) is 3.13. The van der Waals surface area contributed by atoms with Crippen LogP contribution in [0.15, 0.2) is 66.7 Å². The number of phenols is 1. The molecule has 0 spiro atoms. The minimum atomic E-state index is -1.17. The van der Waals surface area contributed by atoms with Crippen LogP contribution in [0.2, 0.25) is 0 Å². The number of nitrogens with two attached hydrogens (primary N) is 2. The molecular weight excluding hydrogens is 334 g/mol. The second-order valence-electron chi connectivity index (χ2n) is 6.34. The molecule has 5 N–H and O–H groups in total. The van der Waals surface area contributed by atoms with Crippen LogP contribution in [-0.2, 0) is 18.5 Å². The highest BCUT2D eigenvalue weighted by atomic mass is 19.1. The first-order chi connectivity index (χ1) is 12.4. The molecule has 0 fully saturated rings. The topological polar surface area (TPSA) is 72.3 Å². The lowest BCUT2D eigenvalue weighted by atomic mass is 9.78. The van der Waals surface area contributed by atoms with Gasteiger partial charge in [-0.15, -0.1) is 0 Å². The summed E-state index contributed by atoms with van der Waals surface area (Å²) in [6.07, 6.45) is 0.340. The fraction of sp³-hybridized carbons (Fsp3) is 0.143. The second-order valence-corrected chi connectivity index (χ2v) is 6.34. The van der Waals surface area contributed by atoms with E-state index >= 15 is 0 Å². The van der Waals surface area contributed by atoms with Gasteiger partial charge in [0.05, 0.1) is 5.54 Å². The standard InChI is InChI=1S/C21H20F2N2O/c22-18-9-17(10-19(26)11-18)21(25,12-14-4-2-1-3-5-14)16-6-7-20(23)15(8-16)13-24/h1-11,26H,12-13,24-25H2/t21-/m1/s1. The molecule has 134 valence electrons. The van der Waals surface area contributed by atoms with Crippen LogP contribution < -0.4 is 11.5 Å². The van der Waals surface area contributed by atoms with Crippen LogP contribution in [0.3, 0.4) is 0 Å².